The molecule has 3 aromatic rings. The minimum Gasteiger partial charge on any atom is -0.453 e. The second kappa shape index (κ2) is 9.49. The summed E-state index contributed by atoms with van der Waals surface area (Å²) < 4.78 is 36.1. The first-order valence-corrected chi connectivity index (χ1v) is 13.7. The number of alkyl carbamates (subject to hydrolysis) is 1. The monoisotopic (exact) mass is 530 g/mol. The fourth-order valence-electron chi connectivity index (χ4n) is 4.71. The second-order valence-electron chi connectivity index (χ2n) is 9.43. The van der Waals surface area contributed by atoms with Gasteiger partial charge in [-0.25, -0.2) is 23.2 Å². The lowest BCUT2D eigenvalue weighted by atomic mass is 9.95. The molecule has 0 radical (unpaired) electrons. The number of anilines is 1. The number of benzene rings is 2. The van der Waals surface area contributed by atoms with Gasteiger partial charge in [0.25, 0.3) is 0 Å². The molecular formula is C25H27ClN4O5S. The molecule has 2 aromatic carbocycles. The van der Waals surface area contributed by atoms with Crippen molar-refractivity contribution in [2.75, 3.05) is 37.9 Å². The van der Waals surface area contributed by atoms with Gasteiger partial charge in [0, 0.05) is 17.8 Å². The highest BCUT2D eigenvalue weighted by Gasteiger charge is 2.40. The molecule has 11 heteroatoms. The highest BCUT2D eigenvalue weighted by atomic mass is 35.5. The van der Waals surface area contributed by atoms with Gasteiger partial charge in [-0.15, -0.1) is 0 Å². The average Bonchev–Trinajstić information content (AvgIpc) is 2.96. The molecule has 5 rings (SSSR count). The molecule has 1 aromatic heterocycles. The fourth-order valence-corrected chi connectivity index (χ4v) is 6.98. The predicted octanol–water partition coefficient (Wildman–Crippen LogP) is 3.63. The molecule has 9 nitrogen and oxygen atoms in total. The highest BCUT2D eigenvalue weighted by Crippen LogP contribution is 2.36. The maximum atomic E-state index is 13.0. The lowest BCUT2D eigenvalue weighted by molar-refractivity contribution is -0.0638. The Balaban J connectivity index is 1.51. The van der Waals surface area contributed by atoms with Gasteiger partial charge in [0.15, 0.2) is 9.84 Å². The summed E-state index contributed by atoms with van der Waals surface area (Å²) in [7, 11) is -2.20. The minimum atomic E-state index is -3.52. The number of halogens is 1. The Kier molecular flexibility index (Phi) is 6.52. The van der Waals surface area contributed by atoms with Crippen LogP contribution in [0.25, 0.3) is 10.9 Å². The van der Waals surface area contributed by atoms with Crippen molar-refractivity contribution in [3.8, 4) is 0 Å². The van der Waals surface area contributed by atoms with Crippen LogP contribution in [0.1, 0.15) is 29.3 Å². The topological polar surface area (TPSA) is 120 Å². The summed E-state index contributed by atoms with van der Waals surface area (Å²) in [6.07, 6.45) is 0.320. The maximum absolute atomic E-state index is 13.0. The molecule has 2 aliphatic rings. The molecule has 0 aliphatic carbocycles. The van der Waals surface area contributed by atoms with Crippen molar-refractivity contribution in [1.82, 2.24) is 15.3 Å². The first-order chi connectivity index (χ1) is 17.2. The Morgan fingerprint density at radius 2 is 2.06 bits per heavy atom. The summed E-state index contributed by atoms with van der Waals surface area (Å²) in [5.41, 5.74) is 1.88. The first kappa shape index (κ1) is 24.7. The molecular weight excluding hydrogens is 504 g/mol. The summed E-state index contributed by atoms with van der Waals surface area (Å²) >= 11 is 6.29. The number of amides is 1. The lowest BCUT2D eigenvalue weighted by Gasteiger charge is -2.41. The van der Waals surface area contributed by atoms with Gasteiger partial charge in [0.1, 0.15) is 17.2 Å². The van der Waals surface area contributed by atoms with Gasteiger partial charge in [-0.05, 0) is 43.5 Å². The van der Waals surface area contributed by atoms with Gasteiger partial charge in [0.05, 0.1) is 41.5 Å². The number of fused-ring (bicyclic) bond motifs is 2. The zero-order chi connectivity index (χ0) is 25.5. The molecule has 0 saturated carbocycles. The van der Waals surface area contributed by atoms with Crippen LogP contribution in [0.4, 0.5) is 10.6 Å². The van der Waals surface area contributed by atoms with E-state index in [4.69, 9.17) is 31.0 Å². The number of carbonyl (C=O) groups excluding carboxylic acids is 1. The Hall–Kier alpha value is -2.95. The van der Waals surface area contributed by atoms with Crippen molar-refractivity contribution in [1.29, 1.82) is 0 Å². The molecule has 1 unspecified atom stereocenters. The van der Waals surface area contributed by atoms with Crippen molar-refractivity contribution in [3.63, 3.8) is 0 Å². The van der Waals surface area contributed by atoms with Gasteiger partial charge < -0.3 is 20.1 Å². The van der Waals surface area contributed by atoms with Crippen molar-refractivity contribution in [3.05, 3.63) is 58.4 Å². The number of aryl methyl sites for hydroxylation is 1. The Morgan fingerprint density at radius 3 is 2.78 bits per heavy atom. The minimum absolute atomic E-state index is 0.0318. The Morgan fingerprint density at radius 1 is 1.25 bits per heavy atom. The summed E-state index contributed by atoms with van der Waals surface area (Å²) in [4.78, 5) is 21.8. The zero-order valence-corrected chi connectivity index (χ0v) is 21.6. The molecule has 2 aliphatic heterocycles. The number of aromatic nitrogens is 2. The fraction of sp³-hybridized carbons (Fsp3) is 0.400. The SMILES string of the molecule is COC(=O)NC1(CNc2nc(C3CCS(=O)(=O)c4c(Cl)cccc4C3)nc3ccc(C)cc23)COC1. The predicted molar refractivity (Wildman–Crippen MR) is 136 cm³/mol. The first-order valence-electron chi connectivity index (χ1n) is 11.7. The number of nitrogens with one attached hydrogen (secondary N) is 2. The molecule has 1 amide bonds. The van der Waals surface area contributed by atoms with Gasteiger partial charge in [-0.1, -0.05) is 35.4 Å². The van der Waals surface area contributed by atoms with E-state index in [1.54, 1.807) is 18.2 Å². The third-order valence-electron chi connectivity index (χ3n) is 6.70. The Bertz CT molecular complexity index is 1440. The van der Waals surface area contributed by atoms with Gasteiger partial charge in [-0.3, -0.25) is 0 Å². The molecule has 3 heterocycles. The van der Waals surface area contributed by atoms with Crippen LogP contribution in [0.15, 0.2) is 41.3 Å². The van der Waals surface area contributed by atoms with Gasteiger partial charge >= 0.3 is 6.09 Å². The van der Waals surface area contributed by atoms with Crippen molar-refractivity contribution < 1.29 is 22.7 Å². The van der Waals surface area contributed by atoms with Crippen LogP contribution in [-0.4, -0.2) is 62.6 Å². The molecule has 1 saturated heterocycles. The summed E-state index contributed by atoms with van der Waals surface area (Å²) in [6, 6.07) is 11.1. The normalized spacial score (nSPS) is 20.0. The van der Waals surface area contributed by atoms with Crippen LogP contribution in [0.2, 0.25) is 5.02 Å². The smallest absolute Gasteiger partial charge is 0.407 e. The number of hydrogen-bond acceptors (Lipinski definition) is 8. The third kappa shape index (κ3) is 4.72. The summed E-state index contributed by atoms with van der Waals surface area (Å²) in [5, 5.41) is 7.33. The summed E-state index contributed by atoms with van der Waals surface area (Å²) in [5.74, 6) is 0.947. The van der Waals surface area contributed by atoms with E-state index in [2.05, 4.69) is 10.6 Å². The average molecular weight is 531 g/mol. The third-order valence-corrected chi connectivity index (χ3v) is 9.00. The van der Waals surface area contributed by atoms with Crippen LogP contribution in [0.3, 0.4) is 0 Å². The zero-order valence-electron chi connectivity index (χ0n) is 20.0. The number of methoxy groups -OCH3 is 1. The van der Waals surface area contributed by atoms with Crippen molar-refractivity contribution in [2.45, 2.75) is 36.1 Å². The maximum Gasteiger partial charge on any atom is 0.407 e. The Labute approximate surface area is 214 Å². The largest absolute Gasteiger partial charge is 0.453 e. The molecule has 0 bridgehead atoms. The van der Waals surface area contributed by atoms with E-state index >= 15 is 0 Å². The molecule has 36 heavy (non-hydrogen) atoms. The van der Waals surface area contributed by atoms with Crippen LogP contribution >= 0.6 is 11.6 Å². The van der Waals surface area contributed by atoms with E-state index < -0.39 is 21.5 Å². The molecule has 2 N–H and O–H groups in total. The van der Waals surface area contributed by atoms with Crippen LogP contribution in [-0.2, 0) is 25.7 Å². The number of hydrogen-bond donors (Lipinski definition) is 2. The molecule has 1 atom stereocenters. The van der Waals surface area contributed by atoms with Crippen LogP contribution in [0, 0.1) is 6.92 Å². The number of rotatable bonds is 5. The molecule has 190 valence electrons. The van der Waals surface area contributed by atoms with E-state index in [9.17, 15) is 13.2 Å². The number of nitrogens with zero attached hydrogens (tertiary/aromatic N) is 2. The summed E-state index contributed by atoms with van der Waals surface area (Å²) in [6.45, 7) is 3.07. The number of ether oxygens (including phenoxy) is 2. The van der Waals surface area contributed by atoms with Crippen molar-refractivity contribution >= 4 is 44.3 Å². The van der Waals surface area contributed by atoms with Crippen LogP contribution < -0.4 is 10.6 Å². The van der Waals surface area contributed by atoms with Gasteiger partial charge in [-0.2, -0.15) is 0 Å². The van der Waals surface area contributed by atoms with E-state index in [1.165, 1.54) is 7.11 Å². The lowest BCUT2D eigenvalue weighted by Crippen LogP contribution is -2.65. The second-order valence-corrected chi connectivity index (χ2v) is 11.9. The molecule has 0 spiro atoms. The quantitative estimate of drug-likeness (QED) is 0.513. The molecule has 1 fully saturated rings. The van der Waals surface area contributed by atoms with E-state index in [0.29, 0.717) is 49.8 Å². The number of carbonyl (C=O) groups is 1. The van der Waals surface area contributed by atoms with E-state index in [0.717, 1.165) is 16.5 Å². The number of sulfone groups is 1. The van der Waals surface area contributed by atoms with E-state index in [-0.39, 0.29) is 21.6 Å². The van der Waals surface area contributed by atoms with Crippen LogP contribution in [0.5, 0.6) is 0 Å². The van der Waals surface area contributed by atoms with E-state index in [1.807, 2.05) is 25.1 Å². The highest BCUT2D eigenvalue weighted by molar-refractivity contribution is 7.91. The van der Waals surface area contributed by atoms with Gasteiger partial charge in [0.2, 0.25) is 0 Å². The van der Waals surface area contributed by atoms with Crippen molar-refractivity contribution in [2.24, 2.45) is 0 Å². The standard InChI is InChI=1S/C25H27ClN4O5S/c1-15-6-7-20-18(10-15)23(27-12-25(13-35-14-25)30-24(31)34-2)29-22(28-20)17-8-9-36(32,33)21-16(11-17)4-3-5-19(21)26/h3-7,10,17H,8-9,11-14H2,1-2H3,(H,30,31)(H,27,28,29).